The van der Waals surface area contributed by atoms with Crippen molar-refractivity contribution in [2.75, 3.05) is 25.6 Å². The van der Waals surface area contributed by atoms with Gasteiger partial charge < -0.3 is 5.11 Å². The van der Waals surface area contributed by atoms with Crippen molar-refractivity contribution in [2.24, 2.45) is 0 Å². The lowest BCUT2D eigenvalue weighted by Crippen LogP contribution is -2.31. The van der Waals surface area contributed by atoms with Crippen LogP contribution in [0.2, 0.25) is 0 Å². The maximum absolute atomic E-state index is 11.0. The molecule has 4 nitrogen and oxygen atoms in total. The van der Waals surface area contributed by atoms with E-state index in [2.05, 4.69) is 0 Å². The summed E-state index contributed by atoms with van der Waals surface area (Å²) in [6.07, 6.45) is 0.846. The summed E-state index contributed by atoms with van der Waals surface area (Å²) in [6, 6.07) is 0. The van der Waals surface area contributed by atoms with E-state index in [-0.39, 0.29) is 16.4 Å². The summed E-state index contributed by atoms with van der Waals surface area (Å²) in [5.41, 5.74) is 0. The molecule has 0 radical (unpaired) electrons. The molecule has 0 aromatic rings. The van der Waals surface area contributed by atoms with Gasteiger partial charge in [-0.3, -0.25) is 0 Å². The predicted octanol–water partition coefficient (Wildman–Crippen LogP) is -0.494. The van der Waals surface area contributed by atoms with E-state index < -0.39 is 10.0 Å². The lowest BCUT2D eigenvalue weighted by atomic mass is 10.4. The third-order valence-corrected chi connectivity index (χ3v) is 4.25. The van der Waals surface area contributed by atoms with Gasteiger partial charge >= 0.3 is 10.0 Å². The van der Waals surface area contributed by atoms with Gasteiger partial charge in [-0.15, -0.1) is 0 Å². The molecule has 0 amide bonds. The molecule has 1 atom stereocenters. The van der Waals surface area contributed by atoms with Gasteiger partial charge in [0, 0.05) is 0 Å². The van der Waals surface area contributed by atoms with E-state index in [1.165, 1.54) is 0 Å². The topological polar surface area (TPSA) is 54.4 Å². The molecule has 0 aromatic heterocycles. The van der Waals surface area contributed by atoms with Gasteiger partial charge in [0.15, 0.2) is 0 Å². The van der Waals surface area contributed by atoms with Gasteiger partial charge in [-0.25, -0.2) is 0 Å². The molecule has 0 aliphatic carbocycles. The summed E-state index contributed by atoms with van der Waals surface area (Å²) in [5.74, 6) is 0.224. The molecule has 66 valence electrons. The molecule has 1 N–H and O–H groups in total. The van der Waals surface area contributed by atoms with Crippen LogP contribution in [-0.2, 0) is 10.0 Å². The molecule has 11 heavy (non-hydrogen) atoms. The molecule has 0 saturated carbocycles. The smallest absolute Gasteiger partial charge is 0.350 e. The van der Waals surface area contributed by atoms with Crippen LogP contribution in [0.3, 0.4) is 0 Å². The maximum atomic E-state index is 11.0. The van der Waals surface area contributed by atoms with Gasteiger partial charge in [0.25, 0.3) is 0 Å². The number of hydrogen-bond acceptors (Lipinski definition) is 3. The van der Waals surface area contributed by atoms with E-state index in [1.807, 2.05) is 6.92 Å². The van der Waals surface area contributed by atoms with Gasteiger partial charge in [0.2, 0.25) is 5.88 Å². The number of rotatable bonds is 4. The summed E-state index contributed by atoms with van der Waals surface area (Å²) < 4.78 is 22.2. The largest absolute Gasteiger partial charge is 0.390 e. The Morgan fingerprint density at radius 1 is 1.45 bits per heavy atom. The number of sulfonamides is 1. The molecule has 1 fully saturated rings. The van der Waals surface area contributed by atoms with Crippen LogP contribution in [0.1, 0.15) is 13.3 Å². The second-order valence-electron chi connectivity index (χ2n) is 2.94. The minimum Gasteiger partial charge on any atom is -0.390 e. The minimum atomic E-state index is -2.87. The third kappa shape index (κ3) is 1.40. The summed E-state index contributed by atoms with van der Waals surface area (Å²) >= 11 is 0. The average Bonchev–Trinajstić information content (AvgIpc) is 2.35. The predicted molar refractivity (Wildman–Crippen MR) is 41.2 cm³/mol. The zero-order valence-electron chi connectivity index (χ0n) is 6.65. The van der Waals surface area contributed by atoms with Gasteiger partial charge in [-0.1, -0.05) is 6.92 Å². The molecular weight excluding hydrogens is 166 g/mol. The molecule has 1 rings (SSSR count). The molecule has 1 heterocycles. The SMILES string of the molecule is CCC[N+]1(CCO)CS1(=O)=O. The molecule has 0 spiro atoms. The van der Waals surface area contributed by atoms with Crippen molar-refractivity contribution >= 4 is 10.0 Å². The molecule has 0 bridgehead atoms. The van der Waals surface area contributed by atoms with Crippen molar-refractivity contribution < 1.29 is 17.4 Å². The molecule has 1 aliphatic rings. The van der Waals surface area contributed by atoms with E-state index in [1.54, 1.807) is 0 Å². The Balaban J connectivity index is 2.63. The van der Waals surface area contributed by atoms with Crippen molar-refractivity contribution in [3.8, 4) is 0 Å². The molecule has 1 aliphatic heterocycles. The van der Waals surface area contributed by atoms with Crippen LogP contribution >= 0.6 is 0 Å². The summed E-state index contributed by atoms with van der Waals surface area (Å²) in [7, 11) is -2.87. The van der Waals surface area contributed by atoms with Crippen LogP contribution in [0.25, 0.3) is 0 Å². The second kappa shape index (κ2) is 2.73. The highest BCUT2D eigenvalue weighted by atomic mass is 32.2. The number of aliphatic hydroxyl groups excluding tert-OH is 1. The van der Waals surface area contributed by atoms with Gasteiger partial charge in [0.05, 0.1) is 13.2 Å². The average molecular weight is 180 g/mol. The Morgan fingerprint density at radius 2 is 2.00 bits per heavy atom. The first-order valence-corrected chi connectivity index (χ1v) is 5.39. The number of nitrogens with zero attached hydrogens (tertiary/aromatic N) is 1. The molecular formula is C6H14NO3S+. The third-order valence-electron chi connectivity index (χ3n) is 2.05. The van der Waals surface area contributed by atoms with Gasteiger partial charge in [-0.05, 0) is 6.42 Å². The minimum absolute atomic E-state index is 0.0424. The van der Waals surface area contributed by atoms with Crippen LogP contribution in [0.4, 0.5) is 0 Å². The fourth-order valence-electron chi connectivity index (χ4n) is 1.38. The molecule has 1 saturated heterocycles. The summed E-state index contributed by atoms with van der Waals surface area (Å²) in [5, 5.41) is 8.62. The number of hydrogen-bond donors (Lipinski definition) is 1. The first-order chi connectivity index (χ1) is 5.08. The summed E-state index contributed by atoms with van der Waals surface area (Å²) in [4.78, 5) is 0. The fourth-order valence-corrected chi connectivity index (χ4v) is 3.27. The maximum Gasteiger partial charge on any atom is 0.350 e. The first kappa shape index (κ1) is 8.96. The second-order valence-corrected chi connectivity index (χ2v) is 5.14. The monoisotopic (exact) mass is 180 g/mol. The van der Waals surface area contributed by atoms with Crippen LogP contribution in [0.15, 0.2) is 0 Å². The van der Waals surface area contributed by atoms with Crippen molar-refractivity contribution in [2.45, 2.75) is 13.3 Å². The Kier molecular flexibility index (Phi) is 2.22. The van der Waals surface area contributed by atoms with Crippen molar-refractivity contribution in [3.63, 3.8) is 0 Å². The Bertz CT molecular complexity index is 228. The molecule has 0 aromatic carbocycles. The standard InChI is InChI=1S/C6H14NO3S/c1-2-3-7(4-5-8)6-11(7,9)10/h8H,2-6H2,1H3/q+1. The Morgan fingerprint density at radius 3 is 2.27 bits per heavy atom. The normalized spacial score (nSPS) is 33.6. The highest BCUT2D eigenvalue weighted by Gasteiger charge is 2.60. The zero-order chi connectivity index (χ0) is 8.54. The fraction of sp³-hybridized carbons (Fsp3) is 1.00. The Hall–Kier alpha value is -0.130. The highest BCUT2D eigenvalue weighted by Crippen LogP contribution is 2.32. The van der Waals surface area contributed by atoms with E-state index in [4.69, 9.17) is 5.11 Å². The zero-order valence-corrected chi connectivity index (χ0v) is 7.47. The van der Waals surface area contributed by atoms with Crippen molar-refractivity contribution in [3.05, 3.63) is 0 Å². The van der Waals surface area contributed by atoms with Gasteiger partial charge in [-0.2, -0.15) is 12.3 Å². The van der Waals surface area contributed by atoms with Crippen LogP contribution in [0.5, 0.6) is 0 Å². The Labute approximate surface area is 67.1 Å². The lowest BCUT2D eigenvalue weighted by Gasteiger charge is -2.10. The lowest BCUT2D eigenvalue weighted by molar-refractivity contribution is -0.734. The van der Waals surface area contributed by atoms with Crippen LogP contribution < -0.4 is 0 Å². The first-order valence-electron chi connectivity index (χ1n) is 3.78. The number of quaternary nitrogens is 1. The van der Waals surface area contributed by atoms with Gasteiger partial charge in [0.1, 0.15) is 6.54 Å². The molecule has 5 heteroatoms. The van der Waals surface area contributed by atoms with E-state index in [0.717, 1.165) is 6.42 Å². The quantitative estimate of drug-likeness (QED) is 0.469. The van der Waals surface area contributed by atoms with Crippen molar-refractivity contribution in [1.82, 2.24) is 0 Å². The number of aliphatic hydroxyl groups is 1. The molecule has 1 unspecified atom stereocenters. The summed E-state index contributed by atoms with van der Waals surface area (Å²) in [6.45, 7) is 2.91. The van der Waals surface area contributed by atoms with E-state index >= 15 is 0 Å². The van der Waals surface area contributed by atoms with E-state index in [0.29, 0.717) is 13.1 Å². The highest BCUT2D eigenvalue weighted by molar-refractivity contribution is 7.90. The van der Waals surface area contributed by atoms with Crippen LogP contribution in [0, 0.1) is 0 Å². The van der Waals surface area contributed by atoms with E-state index in [9.17, 15) is 8.42 Å². The van der Waals surface area contributed by atoms with Crippen molar-refractivity contribution in [1.29, 1.82) is 0 Å². The van der Waals surface area contributed by atoms with Crippen LogP contribution in [-0.4, -0.2) is 43.0 Å².